The molecule has 3 heterocycles. The number of phosphoric ester groups is 1. The van der Waals surface area contributed by atoms with Crippen molar-refractivity contribution < 1.29 is 55.9 Å². The van der Waals surface area contributed by atoms with Gasteiger partial charge in [-0.15, -0.1) is 0 Å². The highest BCUT2D eigenvalue weighted by molar-refractivity contribution is 8.76. The summed E-state index contributed by atoms with van der Waals surface area (Å²) in [5, 5.41) is 0. The van der Waals surface area contributed by atoms with Crippen LogP contribution in [0.1, 0.15) is 11.5 Å². The first-order valence-corrected chi connectivity index (χ1v) is 17.7. The van der Waals surface area contributed by atoms with Crippen LogP contribution in [0.3, 0.4) is 0 Å². The van der Waals surface area contributed by atoms with Gasteiger partial charge in [-0.25, -0.2) is 23.7 Å². The maximum Gasteiger partial charge on any atom is 0.490 e. The number of phosphoric acid groups is 3. The number of aromatic nitrogens is 2. The number of hydrogen-bond acceptors (Lipinski definition) is 15. The Balaban J connectivity index is 1.78. The van der Waals surface area contributed by atoms with Crippen LogP contribution in [-0.4, -0.2) is 86.3 Å². The molecule has 8 N–H and O–H groups in total. The van der Waals surface area contributed by atoms with Gasteiger partial charge in [0.25, 0.3) is 0 Å². The Morgan fingerprint density at radius 2 is 1.95 bits per heavy atom. The zero-order valence-electron chi connectivity index (χ0n) is 19.6. The van der Waals surface area contributed by atoms with Gasteiger partial charge in [0.2, 0.25) is 0 Å². The molecule has 0 aromatic carbocycles. The third kappa shape index (κ3) is 8.61. The normalized spacial score (nSPS) is 26.3. The van der Waals surface area contributed by atoms with E-state index in [4.69, 9.17) is 35.3 Å². The molecular formula is C16H26N5O12P3S2. The van der Waals surface area contributed by atoms with Crippen molar-refractivity contribution in [2.24, 2.45) is 5.73 Å². The van der Waals surface area contributed by atoms with Crippen LogP contribution in [0, 0.1) is 11.8 Å². The van der Waals surface area contributed by atoms with Gasteiger partial charge in [0.15, 0.2) is 0 Å². The van der Waals surface area contributed by atoms with Crippen LogP contribution in [0.5, 0.6) is 0 Å². The van der Waals surface area contributed by atoms with Gasteiger partial charge in [-0.3, -0.25) is 4.52 Å². The molecule has 1 aromatic rings. The standard InChI is InChI=1S/C16H26N5O12P3S2/c1-37-38-9-30-14-11(21-5-10(3-2-4-17)13-15(18)19-8-20-16(13)21)6-29-12(14)7-31-35(25,26)33-36(27,28)32-34(22,23)24/h8,10-12,14H,4-7,9,17H2,1H3,(H,25,26)(H,27,28)(H2,18,19,20)(H2,22,23,24)/t10?,11-,12-,14?/m1/s1. The monoisotopic (exact) mass is 637 g/mol. The van der Waals surface area contributed by atoms with Crippen LogP contribution < -0.4 is 16.4 Å². The zero-order valence-corrected chi connectivity index (χ0v) is 23.9. The summed E-state index contributed by atoms with van der Waals surface area (Å²) in [5.41, 5.74) is 12.3. The van der Waals surface area contributed by atoms with Crippen molar-refractivity contribution in [2.75, 3.05) is 49.1 Å². The number of nitrogens with zero attached hydrogens (tertiary/aromatic N) is 3. The first-order valence-electron chi connectivity index (χ1n) is 10.5. The number of hydrogen-bond donors (Lipinski definition) is 6. The van der Waals surface area contributed by atoms with E-state index < -0.39 is 48.3 Å². The first-order chi connectivity index (χ1) is 17.8. The van der Waals surface area contributed by atoms with Crippen LogP contribution >= 0.6 is 45.1 Å². The largest absolute Gasteiger partial charge is 0.490 e. The second kappa shape index (κ2) is 13.3. The van der Waals surface area contributed by atoms with Crippen LogP contribution in [0.25, 0.3) is 0 Å². The average molecular weight is 637 g/mol. The van der Waals surface area contributed by atoms with Crippen molar-refractivity contribution in [1.82, 2.24) is 9.97 Å². The fourth-order valence-corrected chi connectivity index (χ4v) is 7.64. The molecule has 4 unspecified atom stereocenters. The van der Waals surface area contributed by atoms with E-state index in [1.165, 1.54) is 27.9 Å². The lowest BCUT2D eigenvalue weighted by Gasteiger charge is -2.31. The quantitative estimate of drug-likeness (QED) is 0.0595. The second-order valence-corrected chi connectivity index (χ2v) is 14.5. The van der Waals surface area contributed by atoms with Gasteiger partial charge < -0.3 is 45.4 Å². The number of anilines is 2. The van der Waals surface area contributed by atoms with E-state index in [1.807, 2.05) is 11.2 Å². The van der Waals surface area contributed by atoms with Crippen LogP contribution in [0.4, 0.5) is 11.6 Å². The minimum absolute atomic E-state index is 0.0689. The molecule has 22 heteroatoms. The molecule has 0 spiro atoms. The zero-order chi connectivity index (χ0) is 28.1. The first kappa shape index (κ1) is 31.8. The smallest absolute Gasteiger partial charge is 0.383 e. The predicted octanol–water partition coefficient (Wildman–Crippen LogP) is 0.389. The van der Waals surface area contributed by atoms with Crippen molar-refractivity contribution in [1.29, 1.82) is 0 Å². The molecule has 0 radical (unpaired) electrons. The summed E-state index contributed by atoms with van der Waals surface area (Å²) >= 11 is 0. The van der Waals surface area contributed by atoms with E-state index in [2.05, 4.69) is 30.4 Å². The second-order valence-electron chi connectivity index (χ2n) is 7.59. The minimum atomic E-state index is -5.66. The summed E-state index contributed by atoms with van der Waals surface area (Å²) in [6.07, 6.45) is 1.43. The topological polar surface area (TPSA) is 259 Å². The van der Waals surface area contributed by atoms with Crippen LogP contribution in [0.2, 0.25) is 0 Å². The molecule has 214 valence electrons. The summed E-state index contributed by atoms with van der Waals surface area (Å²) in [4.78, 5) is 46.8. The highest BCUT2D eigenvalue weighted by atomic mass is 33.1. The van der Waals surface area contributed by atoms with E-state index in [9.17, 15) is 23.5 Å². The molecule has 0 aliphatic carbocycles. The number of ether oxygens (including phenoxy) is 2. The van der Waals surface area contributed by atoms with Gasteiger partial charge in [0.05, 0.1) is 37.3 Å². The summed E-state index contributed by atoms with van der Waals surface area (Å²) in [6.45, 7) is -0.0825. The Bertz CT molecular complexity index is 1200. The van der Waals surface area contributed by atoms with Crippen molar-refractivity contribution in [2.45, 2.75) is 24.2 Å². The molecule has 0 saturated carbocycles. The molecule has 38 heavy (non-hydrogen) atoms. The molecular weight excluding hydrogens is 611 g/mol. The number of fused-ring (bicyclic) bond motifs is 1. The third-order valence-electron chi connectivity index (χ3n) is 5.14. The maximum atomic E-state index is 12.2. The summed E-state index contributed by atoms with van der Waals surface area (Å²) < 4.78 is 58.7. The Kier molecular flexibility index (Phi) is 11.1. The highest BCUT2D eigenvalue weighted by Gasteiger charge is 2.48. The molecule has 3 rings (SSSR count). The number of rotatable bonds is 12. The van der Waals surface area contributed by atoms with E-state index in [0.29, 0.717) is 17.9 Å². The summed E-state index contributed by atoms with van der Waals surface area (Å²) in [7, 11) is -13.7. The fourth-order valence-electron chi connectivity index (χ4n) is 3.84. The number of nitrogen functional groups attached to an aromatic ring is 1. The Morgan fingerprint density at radius 3 is 2.61 bits per heavy atom. The van der Waals surface area contributed by atoms with E-state index in [-0.39, 0.29) is 30.8 Å². The molecule has 2 aliphatic heterocycles. The molecule has 6 atom stereocenters. The molecule has 1 saturated heterocycles. The fraction of sp³-hybridized carbons (Fsp3) is 0.625. The third-order valence-corrected chi connectivity index (χ3v) is 10.4. The lowest BCUT2D eigenvalue weighted by Crippen LogP contribution is -2.47. The van der Waals surface area contributed by atoms with Crippen molar-refractivity contribution in [3.8, 4) is 11.8 Å². The van der Waals surface area contributed by atoms with Gasteiger partial charge in [-0.1, -0.05) is 33.4 Å². The van der Waals surface area contributed by atoms with Gasteiger partial charge in [-0.2, -0.15) is 8.62 Å². The highest BCUT2D eigenvalue weighted by Crippen LogP contribution is 2.66. The molecule has 0 amide bonds. The molecule has 1 aromatic heterocycles. The van der Waals surface area contributed by atoms with E-state index in [1.54, 1.807) is 0 Å². The van der Waals surface area contributed by atoms with Crippen molar-refractivity contribution >= 4 is 56.7 Å². The van der Waals surface area contributed by atoms with E-state index >= 15 is 0 Å². The lowest BCUT2D eigenvalue weighted by molar-refractivity contribution is -0.0201. The molecule has 17 nitrogen and oxygen atoms in total. The maximum absolute atomic E-state index is 12.2. The SMILES string of the molecule is CSSCOC1[C@H](N2CC(C#CCN)c3c(N)ncnc32)CO[C@@H]1COP(=O)(O)OP(=O)(O)OP(=O)(O)O. The minimum Gasteiger partial charge on any atom is -0.383 e. The van der Waals surface area contributed by atoms with Crippen molar-refractivity contribution in [3.05, 3.63) is 11.9 Å². The Hall–Kier alpha value is -0.770. The number of nitrogens with two attached hydrogens (primary N) is 2. The van der Waals surface area contributed by atoms with Gasteiger partial charge >= 0.3 is 23.5 Å². The Labute approximate surface area is 225 Å². The summed E-state index contributed by atoms with van der Waals surface area (Å²) in [5.74, 6) is 6.51. The van der Waals surface area contributed by atoms with Gasteiger partial charge in [-0.05, 0) is 6.26 Å². The Morgan fingerprint density at radius 1 is 1.21 bits per heavy atom. The van der Waals surface area contributed by atoms with Gasteiger partial charge in [0.1, 0.15) is 36.1 Å². The van der Waals surface area contributed by atoms with E-state index in [0.717, 1.165) is 0 Å². The molecule has 2 aliphatic rings. The summed E-state index contributed by atoms with van der Waals surface area (Å²) in [6, 6.07) is -0.482. The lowest BCUT2D eigenvalue weighted by atomic mass is 10.0. The van der Waals surface area contributed by atoms with Crippen molar-refractivity contribution in [3.63, 3.8) is 0 Å². The van der Waals surface area contributed by atoms with Gasteiger partial charge in [0, 0.05) is 6.54 Å². The molecule has 1 fully saturated rings. The molecule has 0 bridgehead atoms. The average Bonchev–Trinajstić information content (AvgIpc) is 3.36. The van der Waals surface area contributed by atoms with Crippen LogP contribution in [0.15, 0.2) is 6.33 Å². The predicted molar refractivity (Wildman–Crippen MR) is 138 cm³/mol. The van der Waals surface area contributed by atoms with Crippen LogP contribution in [-0.2, 0) is 36.3 Å².